The predicted octanol–water partition coefficient (Wildman–Crippen LogP) is 4.03. The maximum absolute atomic E-state index is 5.83. The second-order valence-corrected chi connectivity index (χ2v) is 6.45. The van der Waals surface area contributed by atoms with Crippen molar-refractivity contribution < 1.29 is 0 Å². The van der Waals surface area contributed by atoms with Crippen molar-refractivity contribution in [3.63, 3.8) is 0 Å². The lowest BCUT2D eigenvalue weighted by Gasteiger charge is -2.00. The molecule has 0 spiro atoms. The number of aromatic nitrogens is 1. The molecule has 0 unspecified atom stereocenters. The van der Waals surface area contributed by atoms with Crippen LogP contribution < -0.4 is 5.73 Å². The summed E-state index contributed by atoms with van der Waals surface area (Å²) in [6.45, 7) is 0. The quantitative estimate of drug-likeness (QED) is 0.829. The van der Waals surface area contributed by atoms with E-state index < -0.39 is 0 Å². The average molecular weight is 335 g/mol. The van der Waals surface area contributed by atoms with Gasteiger partial charge < -0.3 is 10.7 Å². The topological polar surface area (TPSA) is 41.8 Å². The van der Waals surface area contributed by atoms with Gasteiger partial charge in [-0.05, 0) is 48.9 Å². The van der Waals surface area contributed by atoms with Crippen molar-refractivity contribution in [2.45, 2.75) is 19.3 Å². The molecule has 1 aromatic heterocycles. The number of H-pyrrole nitrogens is 1. The lowest BCUT2D eigenvalue weighted by molar-refractivity contribution is 0.810. The summed E-state index contributed by atoms with van der Waals surface area (Å²) < 4.78 is 1.07. The molecule has 1 fully saturated rings. The summed E-state index contributed by atoms with van der Waals surface area (Å²) in [4.78, 5) is 3.97. The van der Waals surface area contributed by atoms with Crippen LogP contribution in [0, 0.1) is 5.92 Å². The van der Waals surface area contributed by atoms with Crippen LogP contribution in [0.4, 0.5) is 0 Å². The molecule has 0 amide bonds. The van der Waals surface area contributed by atoms with Crippen LogP contribution in [0.3, 0.4) is 0 Å². The Morgan fingerprint density at radius 1 is 1.37 bits per heavy atom. The standard InChI is InChI=1S/C15H15BrN2S/c16-11-3-1-2-10(7-11)13-8-12(15(17)19)14(18-13)6-9-4-5-9/h1-3,7-9,18H,4-6H2,(H2,17,19). The summed E-state index contributed by atoms with van der Waals surface area (Å²) in [5.74, 6) is 0.808. The molecular weight excluding hydrogens is 320 g/mol. The molecule has 4 heteroatoms. The number of thiocarbonyl (C=S) groups is 1. The SMILES string of the molecule is NC(=S)c1cc(-c2cccc(Br)c2)[nH]c1CC1CC1. The normalized spacial score (nSPS) is 14.6. The van der Waals surface area contributed by atoms with Crippen LogP contribution in [-0.4, -0.2) is 9.97 Å². The fourth-order valence-corrected chi connectivity index (χ4v) is 2.88. The number of hydrogen-bond donors (Lipinski definition) is 2. The predicted molar refractivity (Wildman–Crippen MR) is 86.2 cm³/mol. The van der Waals surface area contributed by atoms with E-state index >= 15 is 0 Å². The zero-order chi connectivity index (χ0) is 13.4. The number of halogens is 1. The molecule has 1 aliphatic carbocycles. The van der Waals surface area contributed by atoms with Crippen LogP contribution in [0.15, 0.2) is 34.8 Å². The zero-order valence-electron chi connectivity index (χ0n) is 10.4. The molecule has 0 bridgehead atoms. The van der Waals surface area contributed by atoms with E-state index in [1.165, 1.54) is 18.5 Å². The van der Waals surface area contributed by atoms with Crippen LogP contribution in [0.2, 0.25) is 0 Å². The number of aromatic amines is 1. The Balaban J connectivity index is 1.99. The highest BCUT2D eigenvalue weighted by atomic mass is 79.9. The highest BCUT2D eigenvalue weighted by molar-refractivity contribution is 9.10. The molecule has 0 atom stereocenters. The molecular formula is C15H15BrN2S. The van der Waals surface area contributed by atoms with Crippen LogP contribution >= 0.6 is 28.1 Å². The third-order valence-electron chi connectivity index (χ3n) is 3.49. The van der Waals surface area contributed by atoms with E-state index in [4.69, 9.17) is 18.0 Å². The fourth-order valence-electron chi connectivity index (χ4n) is 2.30. The monoisotopic (exact) mass is 334 g/mol. The largest absolute Gasteiger partial charge is 0.389 e. The lowest BCUT2D eigenvalue weighted by Crippen LogP contribution is -2.11. The Morgan fingerprint density at radius 2 is 2.16 bits per heavy atom. The Morgan fingerprint density at radius 3 is 2.79 bits per heavy atom. The highest BCUT2D eigenvalue weighted by Gasteiger charge is 2.24. The second-order valence-electron chi connectivity index (χ2n) is 5.10. The van der Waals surface area contributed by atoms with Crippen molar-refractivity contribution in [3.05, 3.63) is 46.1 Å². The van der Waals surface area contributed by atoms with Gasteiger partial charge in [-0.25, -0.2) is 0 Å². The van der Waals surface area contributed by atoms with E-state index in [2.05, 4.69) is 39.1 Å². The molecule has 0 radical (unpaired) electrons. The molecule has 0 aliphatic heterocycles. The Bertz CT molecular complexity index is 629. The maximum atomic E-state index is 5.83. The van der Waals surface area contributed by atoms with E-state index in [9.17, 15) is 0 Å². The molecule has 98 valence electrons. The van der Waals surface area contributed by atoms with Gasteiger partial charge in [0, 0.05) is 21.4 Å². The first kappa shape index (κ1) is 12.9. The number of nitrogens with one attached hydrogen (secondary N) is 1. The van der Waals surface area contributed by atoms with E-state index in [0.717, 1.165) is 33.6 Å². The van der Waals surface area contributed by atoms with Gasteiger partial charge in [0.2, 0.25) is 0 Å². The van der Waals surface area contributed by atoms with Crippen molar-refractivity contribution in [3.8, 4) is 11.3 Å². The van der Waals surface area contributed by atoms with E-state index in [1.807, 2.05) is 12.1 Å². The van der Waals surface area contributed by atoms with Crippen molar-refractivity contribution in [2.24, 2.45) is 11.7 Å². The molecule has 3 rings (SSSR count). The highest BCUT2D eigenvalue weighted by Crippen LogP contribution is 2.34. The van der Waals surface area contributed by atoms with Crippen LogP contribution in [0.5, 0.6) is 0 Å². The molecule has 2 nitrogen and oxygen atoms in total. The molecule has 1 saturated carbocycles. The second kappa shape index (κ2) is 5.10. The minimum Gasteiger partial charge on any atom is -0.389 e. The molecule has 19 heavy (non-hydrogen) atoms. The Labute approximate surface area is 126 Å². The first-order valence-corrected chi connectivity index (χ1v) is 7.61. The van der Waals surface area contributed by atoms with Gasteiger partial charge in [0.05, 0.1) is 0 Å². The first-order chi connectivity index (χ1) is 9.13. The van der Waals surface area contributed by atoms with Gasteiger partial charge in [-0.2, -0.15) is 0 Å². The van der Waals surface area contributed by atoms with Crippen LogP contribution in [0.25, 0.3) is 11.3 Å². The number of benzene rings is 1. The van der Waals surface area contributed by atoms with Crippen LogP contribution in [-0.2, 0) is 6.42 Å². The molecule has 2 aromatic rings. The number of hydrogen-bond acceptors (Lipinski definition) is 1. The van der Waals surface area contributed by atoms with E-state index in [0.29, 0.717) is 4.99 Å². The third kappa shape index (κ3) is 2.90. The first-order valence-electron chi connectivity index (χ1n) is 6.41. The van der Waals surface area contributed by atoms with Crippen molar-refractivity contribution >= 4 is 33.1 Å². The molecule has 0 saturated heterocycles. The number of nitrogens with two attached hydrogens (primary N) is 1. The van der Waals surface area contributed by atoms with Crippen molar-refractivity contribution in [2.75, 3.05) is 0 Å². The summed E-state index contributed by atoms with van der Waals surface area (Å²) in [5, 5.41) is 0. The van der Waals surface area contributed by atoms with Gasteiger partial charge in [-0.3, -0.25) is 0 Å². The molecule has 1 aliphatic rings. The molecule has 1 aromatic carbocycles. The average Bonchev–Trinajstić information content (AvgIpc) is 3.06. The smallest absolute Gasteiger partial charge is 0.105 e. The van der Waals surface area contributed by atoms with Gasteiger partial charge in [-0.15, -0.1) is 0 Å². The minimum absolute atomic E-state index is 0.480. The van der Waals surface area contributed by atoms with Crippen molar-refractivity contribution in [1.29, 1.82) is 0 Å². The fraction of sp³-hybridized carbons (Fsp3) is 0.267. The van der Waals surface area contributed by atoms with Crippen molar-refractivity contribution in [1.82, 2.24) is 4.98 Å². The summed E-state index contributed by atoms with van der Waals surface area (Å²) in [6, 6.07) is 10.3. The van der Waals surface area contributed by atoms with E-state index in [-0.39, 0.29) is 0 Å². The van der Waals surface area contributed by atoms with Gasteiger partial charge in [-0.1, -0.05) is 40.3 Å². The Kier molecular flexibility index (Phi) is 3.46. The van der Waals surface area contributed by atoms with Gasteiger partial charge >= 0.3 is 0 Å². The van der Waals surface area contributed by atoms with Gasteiger partial charge in [0.15, 0.2) is 0 Å². The van der Waals surface area contributed by atoms with E-state index in [1.54, 1.807) is 0 Å². The third-order valence-corrected chi connectivity index (χ3v) is 4.20. The summed E-state index contributed by atoms with van der Waals surface area (Å²) in [5.41, 5.74) is 10.2. The minimum atomic E-state index is 0.480. The number of rotatable bonds is 4. The molecule has 3 N–H and O–H groups in total. The summed E-state index contributed by atoms with van der Waals surface area (Å²) in [6.07, 6.45) is 3.70. The summed E-state index contributed by atoms with van der Waals surface area (Å²) in [7, 11) is 0. The van der Waals surface area contributed by atoms with Crippen LogP contribution in [0.1, 0.15) is 24.1 Å². The Hall–Kier alpha value is -1.13. The maximum Gasteiger partial charge on any atom is 0.105 e. The zero-order valence-corrected chi connectivity index (χ0v) is 12.9. The van der Waals surface area contributed by atoms with Gasteiger partial charge in [0.1, 0.15) is 4.99 Å². The lowest BCUT2D eigenvalue weighted by atomic mass is 10.1. The van der Waals surface area contributed by atoms with Gasteiger partial charge in [0.25, 0.3) is 0 Å². The summed E-state index contributed by atoms with van der Waals surface area (Å²) >= 11 is 8.66. The molecule has 1 heterocycles.